The van der Waals surface area contributed by atoms with Crippen molar-refractivity contribution in [3.63, 3.8) is 0 Å². The highest BCUT2D eigenvalue weighted by Crippen LogP contribution is 2.33. The maximum Gasteiger partial charge on any atom is 0.303 e. The Balaban J connectivity index is 1.66. The zero-order valence-corrected chi connectivity index (χ0v) is 20.3. The Hall–Kier alpha value is -1.64. The van der Waals surface area contributed by atoms with E-state index in [2.05, 4.69) is 25.3 Å². The van der Waals surface area contributed by atoms with Crippen LogP contribution in [0.4, 0.5) is 5.69 Å². The Morgan fingerprint density at radius 2 is 1.77 bits per heavy atom. The van der Waals surface area contributed by atoms with Gasteiger partial charge in [-0.2, -0.15) is 12.7 Å². The molecule has 0 spiro atoms. The molecule has 0 radical (unpaired) electrons. The van der Waals surface area contributed by atoms with Crippen molar-refractivity contribution in [2.75, 3.05) is 38.2 Å². The van der Waals surface area contributed by atoms with Gasteiger partial charge >= 0.3 is 10.2 Å². The van der Waals surface area contributed by atoms with E-state index in [1.807, 2.05) is 18.2 Å². The van der Waals surface area contributed by atoms with Gasteiger partial charge in [0, 0.05) is 45.8 Å². The van der Waals surface area contributed by atoms with Crippen molar-refractivity contribution in [3.05, 3.63) is 24.0 Å². The van der Waals surface area contributed by atoms with Crippen molar-refractivity contribution in [3.8, 4) is 0 Å². The molecule has 0 atom stereocenters. The van der Waals surface area contributed by atoms with Crippen LogP contribution < -0.4 is 4.31 Å². The van der Waals surface area contributed by atoms with Crippen LogP contribution in [-0.2, 0) is 26.9 Å². The number of fused-ring (bicyclic) bond motifs is 1. The van der Waals surface area contributed by atoms with Crippen LogP contribution in [0.1, 0.15) is 52.3 Å². The highest BCUT2D eigenvalue weighted by Gasteiger charge is 2.31. The SMILES string of the molecule is CN(CC1CC1)S(=O)(=O)N(C)c1ccc2c(c1)nc(C(C)(C)C)n2CC1CCOCC1. The highest BCUT2D eigenvalue weighted by atomic mass is 32.2. The van der Waals surface area contributed by atoms with E-state index in [0.29, 0.717) is 24.1 Å². The Morgan fingerprint density at radius 1 is 1.10 bits per heavy atom. The molecule has 2 aliphatic rings. The van der Waals surface area contributed by atoms with Gasteiger partial charge in [-0.1, -0.05) is 20.8 Å². The fourth-order valence-corrected chi connectivity index (χ4v) is 5.56. The second-order valence-corrected chi connectivity index (χ2v) is 12.3. The summed E-state index contributed by atoms with van der Waals surface area (Å²) in [5.41, 5.74) is 2.46. The van der Waals surface area contributed by atoms with Gasteiger partial charge in [-0.15, -0.1) is 0 Å². The standard InChI is InChI=1S/C23H36N4O3S/c1-23(2,3)22-24-20-14-19(26(5)31(28,29)25(4)15-17-6-7-17)8-9-21(20)27(22)16-18-10-12-30-13-11-18/h8-9,14,17-18H,6-7,10-13,15-16H2,1-5H3. The number of imidazole rings is 1. The third kappa shape index (κ3) is 4.76. The smallest absolute Gasteiger partial charge is 0.303 e. The maximum atomic E-state index is 13.0. The number of anilines is 1. The van der Waals surface area contributed by atoms with Crippen LogP contribution in [0.3, 0.4) is 0 Å². The van der Waals surface area contributed by atoms with Gasteiger partial charge in [-0.3, -0.25) is 4.31 Å². The molecule has 1 aliphatic heterocycles. The molecule has 31 heavy (non-hydrogen) atoms. The monoisotopic (exact) mass is 448 g/mol. The summed E-state index contributed by atoms with van der Waals surface area (Å²) >= 11 is 0. The van der Waals surface area contributed by atoms with E-state index in [1.165, 1.54) is 8.61 Å². The summed E-state index contributed by atoms with van der Waals surface area (Å²) in [7, 11) is -0.254. The van der Waals surface area contributed by atoms with E-state index < -0.39 is 10.2 Å². The lowest BCUT2D eigenvalue weighted by Crippen LogP contribution is -2.40. The largest absolute Gasteiger partial charge is 0.381 e. The molecule has 2 fully saturated rings. The van der Waals surface area contributed by atoms with Crippen LogP contribution in [0.5, 0.6) is 0 Å². The number of hydrogen-bond acceptors (Lipinski definition) is 4. The van der Waals surface area contributed by atoms with E-state index in [0.717, 1.165) is 62.3 Å². The molecule has 2 aromatic rings. The molecule has 1 saturated heterocycles. The van der Waals surface area contributed by atoms with Crippen molar-refractivity contribution in [1.82, 2.24) is 13.9 Å². The molecule has 1 aromatic heterocycles. The summed E-state index contributed by atoms with van der Waals surface area (Å²) in [5.74, 6) is 2.12. The molecular formula is C23H36N4O3S. The predicted molar refractivity (Wildman–Crippen MR) is 125 cm³/mol. The lowest BCUT2D eigenvalue weighted by Gasteiger charge is -2.27. The van der Waals surface area contributed by atoms with E-state index in [1.54, 1.807) is 14.1 Å². The van der Waals surface area contributed by atoms with Gasteiger partial charge < -0.3 is 9.30 Å². The van der Waals surface area contributed by atoms with Gasteiger partial charge in [-0.25, -0.2) is 4.98 Å². The van der Waals surface area contributed by atoms with E-state index >= 15 is 0 Å². The van der Waals surface area contributed by atoms with Gasteiger partial charge in [0.1, 0.15) is 5.82 Å². The summed E-state index contributed by atoms with van der Waals surface area (Å²) in [6.45, 7) is 9.69. The first kappa shape index (κ1) is 22.6. The third-order valence-corrected chi connectivity index (χ3v) is 8.34. The molecule has 172 valence electrons. The molecule has 0 unspecified atom stereocenters. The maximum absolute atomic E-state index is 13.0. The van der Waals surface area contributed by atoms with Gasteiger partial charge in [0.15, 0.2) is 0 Å². The van der Waals surface area contributed by atoms with Gasteiger partial charge in [-0.05, 0) is 55.7 Å². The highest BCUT2D eigenvalue weighted by molar-refractivity contribution is 7.90. The number of aromatic nitrogens is 2. The van der Waals surface area contributed by atoms with Crippen molar-refractivity contribution >= 4 is 26.9 Å². The van der Waals surface area contributed by atoms with E-state index in [9.17, 15) is 8.42 Å². The summed E-state index contributed by atoms with van der Waals surface area (Å²) in [6, 6.07) is 5.84. The zero-order chi connectivity index (χ0) is 22.4. The van der Waals surface area contributed by atoms with Gasteiger partial charge in [0.05, 0.1) is 16.7 Å². The number of nitrogens with zero attached hydrogens (tertiary/aromatic N) is 4. The first-order chi connectivity index (χ1) is 14.6. The van der Waals surface area contributed by atoms with Crippen LogP contribution >= 0.6 is 0 Å². The second-order valence-electron chi connectivity index (χ2n) is 10.2. The van der Waals surface area contributed by atoms with Gasteiger partial charge in [0.25, 0.3) is 0 Å². The number of benzene rings is 1. The lowest BCUT2D eigenvalue weighted by atomic mass is 9.94. The minimum atomic E-state index is -3.55. The summed E-state index contributed by atoms with van der Waals surface area (Å²) in [4.78, 5) is 4.97. The fourth-order valence-electron chi connectivity index (χ4n) is 4.36. The lowest BCUT2D eigenvalue weighted by molar-refractivity contribution is 0.0611. The Labute approximate surface area is 186 Å². The molecule has 1 aliphatic carbocycles. The van der Waals surface area contributed by atoms with Crippen LogP contribution in [-0.4, -0.2) is 56.1 Å². The Bertz CT molecular complexity index is 1030. The average Bonchev–Trinajstić information content (AvgIpc) is 3.46. The summed E-state index contributed by atoms with van der Waals surface area (Å²) in [5, 5.41) is 0. The predicted octanol–water partition coefficient (Wildman–Crippen LogP) is 3.78. The summed E-state index contributed by atoms with van der Waals surface area (Å²) in [6.07, 6.45) is 4.37. The molecular weight excluding hydrogens is 412 g/mol. The summed E-state index contributed by atoms with van der Waals surface area (Å²) < 4.78 is 36.8. The zero-order valence-electron chi connectivity index (χ0n) is 19.5. The molecule has 0 amide bonds. The van der Waals surface area contributed by atoms with Crippen molar-refractivity contribution in [1.29, 1.82) is 0 Å². The normalized spacial score (nSPS) is 18.8. The number of hydrogen-bond donors (Lipinski definition) is 0. The average molecular weight is 449 g/mol. The molecule has 7 nitrogen and oxygen atoms in total. The fraction of sp³-hybridized carbons (Fsp3) is 0.696. The van der Waals surface area contributed by atoms with Crippen molar-refractivity contribution in [2.24, 2.45) is 11.8 Å². The van der Waals surface area contributed by atoms with Crippen LogP contribution in [0, 0.1) is 11.8 Å². The topological polar surface area (TPSA) is 67.7 Å². The number of rotatable bonds is 7. The third-order valence-electron chi connectivity index (χ3n) is 6.50. The van der Waals surface area contributed by atoms with E-state index in [4.69, 9.17) is 9.72 Å². The van der Waals surface area contributed by atoms with Gasteiger partial charge in [0.2, 0.25) is 0 Å². The Kier molecular flexibility index (Phi) is 6.09. The molecule has 0 bridgehead atoms. The minimum Gasteiger partial charge on any atom is -0.381 e. The van der Waals surface area contributed by atoms with Crippen LogP contribution in [0.25, 0.3) is 11.0 Å². The molecule has 4 rings (SSSR count). The quantitative estimate of drug-likeness (QED) is 0.646. The Morgan fingerprint density at radius 3 is 2.39 bits per heavy atom. The molecule has 8 heteroatoms. The number of ether oxygens (including phenoxy) is 1. The van der Waals surface area contributed by atoms with Crippen molar-refractivity contribution < 1.29 is 13.2 Å². The molecule has 1 aromatic carbocycles. The molecule has 1 saturated carbocycles. The van der Waals surface area contributed by atoms with Crippen molar-refractivity contribution in [2.45, 2.75) is 58.4 Å². The first-order valence-corrected chi connectivity index (χ1v) is 12.8. The minimum absolute atomic E-state index is 0.104. The second kappa shape index (κ2) is 8.37. The van der Waals surface area contributed by atoms with Crippen LogP contribution in [0.2, 0.25) is 0 Å². The first-order valence-electron chi connectivity index (χ1n) is 11.4. The van der Waals surface area contributed by atoms with Crippen LogP contribution in [0.15, 0.2) is 18.2 Å². The molecule has 2 heterocycles. The molecule has 0 N–H and O–H groups in total. The van der Waals surface area contributed by atoms with E-state index in [-0.39, 0.29) is 5.41 Å².